The molecule has 4 heterocycles. The van der Waals surface area contributed by atoms with E-state index < -0.39 is 0 Å². The predicted molar refractivity (Wildman–Crippen MR) is 86.6 cm³/mol. The van der Waals surface area contributed by atoms with Crippen LogP contribution in [0, 0.1) is 18.8 Å². The van der Waals surface area contributed by atoms with Gasteiger partial charge in [-0.3, -0.25) is 0 Å². The number of hydrogen-bond donors (Lipinski definition) is 0. The molecule has 2 fully saturated rings. The summed E-state index contributed by atoms with van der Waals surface area (Å²) in [7, 11) is 0. The second-order valence-corrected chi connectivity index (χ2v) is 6.91. The van der Waals surface area contributed by atoms with Crippen molar-refractivity contribution in [3.8, 4) is 0 Å². The average Bonchev–Trinajstić information content (AvgIpc) is 3.20. The fourth-order valence-electron chi connectivity index (χ4n) is 3.60. The highest BCUT2D eigenvalue weighted by Gasteiger charge is 2.42. The molecule has 2 unspecified atom stereocenters. The third-order valence-corrected chi connectivity index (χ3v) is 4.86. The Morgan fingerprint density at radius 1 is 1.09 bits per heavy atom. The predicted octanol–water partition coefficient (Wildman–Crippen LogP) is 1.86. The molecule has 0 spiro atoms. The monoisotopic (exact) mass is 314 g/mol. The van der Waals surface area contributed by atoms with Crippen molar-refractivity contribution in [3.63, 3.8) is 0 Å². The van der Waals surface area contributed by atoms with Gasteiger partial charge < -0.3 is 14.3 Å². The molecule has 7 nitrogen and oxygen atoms in total. The summed E-state index contributed by atoms with van der Waals surface area (Å²) in [6.45, 7) is 10.2. The molecule has 23 heavy (non-hydrogen) atoms. The van der Waals surface area contributed by atoms with Crippen LogP contribution in [0.15, 0.2) is 16.9 Å². The van der Waals surface area contributed by atoms with Gasteiger partial charge in [0.15, 0.2) is 5.82 Å². The zero-order chi connectivity index (χ0) is 16.0. The van der Waals surface area contributed by atoms with Crippen LogP contribution in [-0.2, 0) is 0 Å². The quantitative estimate of drug-likeness (QED) is 0.856. The highest BCUT2D eigenvalue weighted by molar-refractivity contribution is 5.43. The maximum Gasteiger partial charge on any atom is 0.324 e. The van der Waals surface area contributed by atoms with Gasteiger partial charge in [0, 0.05) is 49.8 Å². The van der Waals surface area contributed by atoms with Crippen molar-refractivity contribution in [3.05, 3.63) is 23.9 Å². The van der Waals surface area contributed by atoms with Gasteiger partial charge in [-0.25, -0.2) is 9.97 Å². The molecule has 122 valence electrons. The number of rotatable bonds is 3. The van der Waals surface area contributed by atoms with Crippen molar-refractivity contribution < 1.29 is 4.52 Å². The van der Waals surface area contributed by atoms with Crippen LogP contribution in [0.25, 0.3) is 0 Å². The van der Waals surface area contributed by atoms with E-state index in [9.17, 15) is 0 Å². The van der Waals surface area contributed by atoms with E-state index in [1.54, 1.807) is 6.33 Å². The van der Waals surface area contributed by atoms with E-state index in [-0.39, 0.29) is 0 Å². The topological polar surface area (TPSA) is 71.2 Å². The zero-order valence-electron chi connectivity index (χ0n) is 13.8. The van der Waals surface area contributed by atoms with Crippen LogP contribution in [0.1, 0.15) is 31.3 Å². The van der Waals surface area contributed by atoms with Gasteiger partial charge in [-0.1, -0.05) is 19.0 Å². The lowest BCUT2D eigenvalue weighted by Crippen LogP contribution is -2.29. The van der Waals surface area contributed by atoms with Gasteiger partial charge in [0.25, 0.3) is 0 Å². The molecule has 0 aliphatic carbocycles. The first kappa shape index (κ1) is 14.4. The highest BCUT2D eigenvalue weighted by atomic mass is 16.5. The lowest BCUT2D eigenvalue weighted by Gasteiger charge is -2.21. The summed E-state index contributed by atoms with van der Waals surface area (Å²) in [4.78, 5) is 17.8. The standard InChI is InChI=1S/C16H22N6O/c1-10(2)14-4-15(18-9-17-14)21-5-12-7-22(8-13(12)6-21)16-19-11(3)20-23-16/h4,9-10,12-13H,5-8H2,1-3H3. The van der Waals surface area contributed by atoms with Gasteiger partial charge in [-0.2, -0.15) is 4.98 Å². The van der Waals surface area contributed by atoms with Gasteiger partial charge >= 0.3 is 6.01 Å². The van der Waals surface area contributed by atoms with E-state index in [0.717, 1.165) is 37.7 Å². The second kappa shape index (κ2) is 5.47. The molecule has 2 saturated heterocycles. The van der Waals surface area contributed by atoms with Crippen molar-refractivity contribution in [2.24, 2.45) is 11.8 Å². The minimum Gasteiger partial charge on any atom is -0.356 e. The van der Waals surface area contributed by atoms with Crippen LogP contribution in [0.3, 0.4) is 0 Å². The Labute approximate surface area is 135 Å². The van der Waals surface area contributed by atoms with E-state index in [4.69, 9.17) is 4.52 Å². The molecule has 2 atom stereocenters. The third kappa shape index (κ3) is 2.64. The third-order valence-electron chi connectivity index (χ3n) is 4.86. The van der Waals surface area contributed by atoms with Crippen LogP contribution >= 0.6 is 0 Å². The Balaban J connectivity index is 1.45. The first-order valence-electron chi connectivity index (χ1n) is 8.22. The molecule has 2 aromatic heterocycles. The maximum absolute atomic E-state index is 5.30. The molecule has 4 rings (SSSR count). The number of hydrogen-bond acceptors (Lipinski definition) is 7. The Morgan fingerprint density at radius 3 is 2.39 bits per heavy atom. The molecule has 0 aromatic carbocycles. The molecule has 0 saturated carbocycles. The Kier molecular flexibility index (Phi) is 3.43. The van der Waals surface area contributed by atoms with Gasteiger partial charge in [-0.05, 0) is 12.8 Å². The first-order chi connectivity index (χ1) is 11.1. The molecule has 2 aliphatic rings. The van der Waals surface area contributed by atoms with Crippen LogP contribution in [-0.4, -0.2) is 46.3 Å². The molecule has 0 radical (unpaired) electrons. The molecule has 2 aliphatic heterocycles. The molecule has 0 N–H and O–H groups in total. The zero-order valence-corrected chi connectivity index (χ0v) is 13.8. The minimum absolute atomic E-state index is 0.426. The van der Waals surface area contributed by atoms with Gasteiger partial charge in [0.1, 0.15) is 12.1 Å². The van der Waals surface area contributed by atoms with E-state index in [1.165, 1.54) is 0 Å². The highest BCUT2D eigenvalue weighted by Crippen LogP contribution is 2.35. The van der Waals surface area contributed by atoms with Crippen molar-refractivity contribution in [1.82, 2.24) is 20.1 Å². The summed E-state index contributed by atoms with van der Waals surface area (Å²) in [5, 5.41) is 3.89. The van der Waals surface area contributed by atoms with Crippen LogP contribution in [0.2, 0.25) is 0 Å². The van der Waals surface area contributed by atoms with Crippen molar-refractivity contribution in [2.45, 2.75) is 26.7 Å². The second-order valence-electron chi connectivity index (χ2n) is 6.91. The van der Waals surface area contributed by atoms with E-state index in [2.05, 4.69) is 49.8 Å². The van der Waals surface area contributed by atoms with E-state index in [1.807, 2.05) is 6.92 Å². The normalized spacial score (nSPS) is 23.8. The lowest BCUT2D eigenvalue weighted by molar-refractivity contribution is 0.411. The number of fused-ring (bicyclic) bond motifs is 1. The summed E-state index contributed by atoms with van der Waals surface area (Å²) in [5.41, 5.74) is 1.11. The smallest absolute Gasteiger partial charge is 0.324 e. The van der Waals surface area contributed by atoms with Gasteiger partial charge in [-0.15, -0.1) is 0 Å². The summed E-state index contributed by atoms with van der Waals surface area (Å²) >= 11 is 0. The Morgan fingerprint density at radius 2 is 1.78 bits per heavy atom. The molecule has 0 amide bonds. The van der Waals surface area contributed by atoms with E-state index in [0.29, 0.717) is 29.6 Å². The van der Waals surface area contributed by atoms with Crippen molar-refractivity contribution in [2.75, 3.05) is 36.0 Å². The molecular weight excluding hydrogens is 292 g/mol. The van der Waals surface area contributed by atoms with Crippen LogP contribution in [0.4, 0.5) is 11.8 Å². The SMILES string of the molecule is Cc1noc(N2CC3CN(c4cc(C(C)C)ncn4)CC3C2)n1. The Bertz CT molecular complexity index is 685. The fourth-order valence-corrected chi connectivity index (χ4v) is 3.60. The molecular formula is C16H22N6O. The summed E-state index contributed by atoms with van der Waals surface area (Å²) < 4.78 is 5.30. The van der Waals surface area contributed by atoms with E-state index >= 15 is 0 Å². The minimum atomic E-state index is 0.426. The molecule has 2 aromatic rings. The number of aromatic nitrogens is 4. The number of anilines is 2. The average molecular weight is 314 g/mol. The summed E-state index contributed by atoms with van der Waals surface area (Å²) in [6.07, 6.45) is 1.69. The van der Waals surface area contributed by atoms with Crippen LogP contribution in [0.5, 0.6) is 0 Å². The van der Waals surface area contributed by atoms with Crippen molar-refractivity contribution in [1.29, 1.82) is 0 Å². The molecule has 0 bridgehead atoms. The fraction of sp³-hybridized carbons (Fsp3) is 0.625. The largest absolute Gasteiger partial charge is 0.356 e. The molecule has 7 heteroatoms. The lowest BCUT2D eigenvalue weighted by atomic mass is 10.0. The number of nitrogens with zero attached hydrogens (tertiary/aromatic N) is 6. The first-order valence-corrected chi connectivity index (χ1v) is 8.22. The maximum atomic E-state index is 5.30. The van der Waals surface area contributed by atoms with Crippen molar-refractivity contribution >= 4 is 11.8 Å². The van der Waals surface area contributed by atoms with Crippen LogP contribution < -0.4 is 9.80 Å². The van der Waals surface area contributed by atoms with Gasteiger partial charge in [0.2, 0.25) is 0 Å². The van der Waals surface area contributed by atoms with Gasteiger partial charge in [0.05, 0.1) is 0 Å². The number of aryl methyl sites for hydroxylation is 1. The Hall–Kier alpha value is -2.18. The summed E-state index contributed by atoms with van der Waals surface area (Å²) in [6, 6.07) is 2.79. The summed E-state index contributed by atoms with van der Waals surface area (Å²) in [5.74, 6) is 3.42.